The fraction of sp³-hybridized carbons (Fsp3) is 0.881. The van der Waals surface area contributed by atoms with Crippen LogP contribution in [-0.4, -0.2) is 73.4 Å². The molecular formula is C42H84N2O6P+. The van der Waals surface area contributed by atoms with E-state index in [0.29, 0.717) is 17.4 Å². The summed E-state index contributed by atoms with van der Waals surface area (Å²) in [5, 5.41) is 13.8. The van der Waals surface area contributed by atoms with E-state index in [1.54, 1.807) is 6.08 Å². The highest BCUT2D eigenvalue weighted by atomic mass is 31.2. The summed E-state index contributed by atoms with van der Waals surface area (Å²) in [5.41, 5.74) is 0. The van der Waals surface area contributed by atoms with Crippen LogP contribution in [0.1, 0.15) is 187 Å². The van der Waals surface area contributed by atoms with Gasteiger partial charge in [0.25, 0.3) is 0 Å². The average molecular weight is 744 g/mol. The molecule has 1 amide bonds. The number of quaternary nitrogens is 1. The van der Waals surface area contributed by atoms with E-state index in [9.17, 15) is 19.4 Å². The van der Waals surface area contributed by atoms with Crippen molar-refractivity contribution < 1.29 is 32.9 Å². The highest BCUT2D eigenvalue weighted by Crippen LogP contribution is 2.43. The Balaban J connectivity index is 4.47. The number of aliphatic hydroxyl groups is 1. The number of unbranched alkanes of at least 4 members (excludes halogenated alkanes) is 23. The van der Waals surface area contributed by atoms with E-state index in [1.807, 2.05) is 27.2 Å². The van der Waals surface area contributed by atoms with E-state index in [4.69, 9.17) is 9.05 Å². The Morgan fingerprint density at radius 1 is 0.647 bits per heavy atom. The fourth-order valence-corrected chi connectivity index (χ4v) is 6.71. The van der Waals surface area contributed by atoms with Gasteiger partial charge in [-0.1, -0.05) is 160 Å². The molecule has 8 nitrogen and oxygen atoms in total. The average Bonchev–Trinajstić information content (AvgIpc) is 3.07. The molecule has 0 fully saturated rings. The Hall–Kier alpha value is -1.02. The van der Waals surface area contributed by atoms with Crippen molar-refractivity contribution in [1.29, 1.82) is 0 Å². The number of amides is 1. The zero-order valence-corrected chi connectivity index (χ0v) is 35.0. The van der Waals surface area contributed by atoms with E-state index in [2.05, 4.69) is 31.3 Å². The van der Waals surface area contributed by atoms with Crippen LogP contribution in [0.2, 0.25) is 0 Å². The molecule has 0 aromatic heterocycles. The van der Waals surface area contributed by atoms with Crippen LogP contribution in [0.25, 0.3) is 0 Å². The maximum Gasteiger partial charge on any atom is 0.472 e. The molecular weight excluding hydrogens is 659 g/mol. The molecule has 0 aliphatic rings. The minimum Gasteiger partial charge on any atom is -0.387 e. The molecule has 0 heterocycles. The molecule has 3 atom stereocenters. The molecule has 0 rings (SSSR count). The SMILES string of the molecule is CCCCCC/C=C\CCCCCCCCCC(=O)NC(COP(=O)(O)OCC[N+](C)(C)C)C(O)/C=C/CCCCCCCCCCCCCC. The van der Waals surface area contributed by atoms with Gasteiger partial charge in [-0.15, -0.1) is 0 Å². The monoisotopic (exact) mass is 744 g/mol. The summed E-state index contributed by atoms with van der Waals surface area (Å²) in [5.74, 6) is -0.183. The summed E-state index contributed by atoms with van der Waals surface area (Å²) >= 11 is 0. The van der Waals surface area contributed by atoms with Crippen LogP contribution in [0, 0.1) is 0 Å². The summed E-state index contributed by atoms with van der Waals surface area (Å²) < 4.78 is 23.5. The van der Waals surface area contributed by atoms with Gasteiger partial charge in [-0.3, -0.25) is 13.8 Å². The number of carbonyl (C=O) groups excluding carboxylic acids is 1. The predicted octanol–water partition coefficient (Wildman–Crippen LogP) is 11.4. The maximum atomic E-state index is 12.8. The smallest absolute Gasteiger partial charge is 0.387 e. The van der Waals surface area contributed by atoms with Gasteiger partial charge < -0.3 is 19.8 Å². The van der Waals surface area contributed by atoms with E-state index in [1.165, 1.54) is 128 Å². The van der Waals surface area contributed by atoms with Crippen molar-refractivity contribution >= 4 is 13.7 Å². The summed E-state index contributed by atoms with van der Waals surface area (Å²) in [6, 6.07) is -0.844. The number of rotatable bonds is 38. The number of phosphoric acid groups is 1. The van der Waals surface area contributed by atoms with Crippen molar-refractivity contribution in [2.24, 2.45) is 0 Å². The molecule has 0 aliphatic heterocycles. The number of likely N-dealkylation sites (N-methyl/N-ethyl adjacent to an activating group) is 1. The van der Waals surface area contributed by atoms with Crippen LogP contribution in [0.15, 0.2) is 24.3 Å². The third kappa shape index (κ3) is 37.1. The molecule has 0 saturated heterocycles. The topological polar surface area (TPSA) is 105 Å². The molecule has 0 aliphatic carbocycles. The Bertz CT molecular complexity index is 891. The van der Waals surface area contributed by atoms with Crippen LogP contribution in [0.5, 0.6) is 0 Å². The molecule has 0 aromatic carbocycles. The highest BCUT2D eigenvalue weighted by molar-refractivity contribution is 7.47. The zero-order valence-electron chi connectivity index (χ0n) is 34.1. The van der Waals surface area contributed by atoms with Crippen LogP contribution in [0.4, 0.5) is 0 Å². The predicted molar refractivity (Wildman–Crippen MR) is 217 cm³/mol. The number of hydrogen-bond donors (Lipinski definition) is 3. The number of nitrogens with one attached hydrogen (secondary N) is 1. The lowest BCUT2D eigenvalue weighted by molar-refractivity contribution is -0.870. The largest absolute Gasteiger partial charge is 0.472 e. The molecule has 3 unspecified atom stereocenters. The van der Waals surface area contributed by atoms with E-state index in [-0.39, 0.29) is 19.1 Å². The van der Waals surface area contributed by atoms with Gasteiger partial charge in [0.15, 0.2) is 0 Å². The first-order valence-corrected chi connectivity index (χ1v) is 22.7. The molecule has 3 N–H and O–H groups in total. The molecule has 0 spiro atoms. The fourth-order valence-electron chi connectivity index (χ4n) is 5.98. The standard InChI is InChI=1S/C42H83N2O6P/c1-6-8-10-12-14-16-18-20-22-24-26-28-30-32-34-36-42(46)43-40(39-50-51(47,48)49-38-37-44(3,4)5)41(45)35-33-31-29-27-25-23-21-19-17-15-13-11-9-7-2/h16,18,33,35,40-41,45H,6-15,17,19-32,34,36-39H2,1-5H3,(H-,43,46,47,48)/p+1/b18-16-,35-33+. The van der Waals surface area contributed by atoms with Crippen LogP contribution < -0.4 is 5.32 Å². The number of nitrogens with zero attached hydrogens (tertiary/aromatic N) is 1. The van der Waals surface area contributed by atoms with Crippen molar-refractivity contribution in [2.45, 2.75) is 199 Å². The summed E-state index contributed by atoms with van der Waals surface area (Å²) in [4.78, 5) is 23.1. The molecule has 0 bridgehead atoms. The quantitative estimate of drug-likeness (QED) is 0.0252. The third-order valence-electron chi connectivity index (χ3n) is 9.42. The maximum absolute atomic E-state index is 12.8. The van der Waals surface area contributed by atoms with Gasteiger partial charge in [0.2, 0.25) is 5.91 Å². The van der Waals surface area contributed by atoms with Gasteiger partial charge in [0, 0.05) is 6.42 Å². The van der Waals surface area contributed by atoms with E-state index in [0.717, 1.165) is 38.5 Å². The lowest BCUT2D eigenvalue weighted by Crippen LogP contribution is -2.45. The molecule has 0 radical (unpaired) electrons. The van der Waals surface area contributed by atoms with Crippen LogP contribution >= 0.6 is 7.82 Å². The van der Waals surface area contributed by atoms with Crippen molar-refractivity contribution in [2.75, 3.05) is 40.9 Å². The number of allylic oxidation sites excluding steroid dienone is 3. The van der Waals surface area contributed by atoms with Gasteiger partial charge in [0.1, 0.15) is 13.2 Å². The van der Waals surface area contributed by atoms with Crippen molar-refractivity contribution in [3.63, 3.8) is 0 Å². The van der Waals surface area contributed by atoms with Gasteiger partial charge in [-0.05, 0) is 44.9 Å². The minimum absolute atomic E-state index is 0.0616. The summed E-state index contributed by atoms with van der Waals surface area (Å²) in [6.07, 6.45) is 39.5. The first-order valence-electron chi connectivity index (χ1n) is 21.2. The number of hydrogen-bond acceptors (Lipinski definition) is 5. The highest BCUT2D eigenvalue weighted by Gasteiger charge is 2.27. The second kappa shape index (κ2) is 34.7. The van der Waals surface area contributed by atoms with Gasteiger partial charge in [-0.2, -0.15) is 0 Å². The lowest BCUT2D eigenvalue weighted by Gasteiger charge is -2.25. The van der Waals surface area contributed by atoms with Gasteiger partial charge in [-0.25, -0.2) is 4.57 Å². The van der Waals surface area contributed by atoms with Crippen molar-refractivity contribution in [3.8, 4) is 0 Å². The Labute approximate surface area is 315 Å². The second-order valence-corrected chi connectivity index (χ2v) is 17.2. The number of carbonyl (C=O) groups is 1. The summed E-state index contributed by atoms with van der Waals surface area (Å²) in [6.45, 7) is 4.79. The van der Waals surface area contributed by atoms with E-state index >= 15 is 0 Å². The Morgan fingerprint density at radius 3 is 1.53 bits per heavy atom. The minimum atomic E-state index is -4.33. The Morgan fingerprint density at radius 2 is 1.06 bits per heavy atom. The first kappa shape index (κ1) is 50.0. The Kier molecular flexibility index (Phi) is 34.0. The van der Waals surface area contributed by atoms with Crippen molar-refractivity contribution in [1.82, 2.24) is 5.32 Å². The summed E-state index contributed by atoms with van der Waals surface area (Å²) in [7, 11) is 1.57. The van der Waals surface area contributed by atoms with Crippen LogP contribution in [-0.2, 0) is 18.4 Å². The number of phosphoric ester groups is 1. The molecule has 0 aromatic rings. The molecule has 51 heavy (non-hydrogen) atoms. The second-order valence-electron chi connectivity index (χ2n) is 15.7. The van der Waals surface area contributed by atoms with Crippen LogP contribution in [0.3, 0.4) is 0 Å². The lowest BCUT2D eigenvalue weighted by atomic mass is 10.0. The van der Waals surface area contributed by atoms with Gasteiger partial charge in [0.05, 0.1) is 39.9 Å². The van der Waals surface area contributed by atoms with Gasteiger partial charge >= 0.3 is 7.82 Å². The van der Waals surface area contributed by atoms with E-state index < -0.39 is 20.0 Å². The molecule has 302 valence electrons. The molecule has 0 saturated carbocycles. The van der Waals surface area contributed by atoms with Crippen molar-refractivity contribution in [3.05, 3.63) is 24.3 Å². The third-order valence-corrected chi connectivity index (χ3v) is 10.4. The number of aliphatic hydroxyl groups excluding tert-OH is 1. The normalized spacial score (nSPS) is 14.7. The zero-order chi connectivity index (χ0) is 37.9. The first-order chi connectivity index (χ1) is 24.5. The molecule has 9 heteroatoms.